The predicted molar refractivity (Wildman–Crippen MR) is 102 cm³/mol. The molecule has 12 nitrogen and oxygen atoms in total. The summed E-state index contributed by atoms with van der Waals surface area (Å²) in [5.74, 6) is 0. The van der Waals surface area contributed by atoms with Crippen molar-refractivity contribution in [3.63, 3.8) is 0 Å². The number of amides is 2. The lowest BCUT2D eigenvalue weighted by molar-refractivity contribution is 0.242. The van der Waals surface area contributed by atoms with Crippen LogP contribution in [0, 0.1) is 0 Å². The van der Waals surface area contributed by atoms with Gasteiger partial charge in [-0.3, -0.25) is 19.1 Å². The minimum Gasteiger partial charge on any atom is -0.348 e. The molecule has 0 saturated carbocycles. The molecule has 0 spiro atoms. The molecule has 0 fully saturated rings. The van der Waals surface area contributed by atoms with Gasteiger partial charge >= 0.3 is 7.60 Å². The van der Waals surface area contributed by atoms with E-state index in [1.165, 1.54) is 14.2 Å². The minimum atomic E-state index is -3.77. The van der Waals surface area contributed by atoms with Gasteiger partial charge in [0.05, 0.1) is 0 Å². The van der Waals surface area contributed by atoms with Crippen LogP contribution in [0.5, 0.6) is 0 Å². The Morgan fingerprint density at radius 1 is 0.963 bits per heavy atom. The van der Waals surface area contributed by atoms with Crippen molar-refractivity contribution in [1.82, 2.24) is 15.5 Å². The van der Waals surface area contributed by atoms with Crippen LogP contribution in [-0.4, -0.2) is 84.7 Å². The van der Waals surface area contributed by atoms with E-state index in [9.17, 15) is 28.8 Å². The minimum absolute atomic E-state index is 0.207. The topological polar surface area (TPSA) is 167 Å². The predicted octanol–water partition coefficient (Wildman–Crippen LogP) is 1.18. The number of rotatable bonds is 15. The smallest absolute Gasteiger partial charge is 0.341 e. The molecule has 0 aromatic rings. The molecule has 0 rings (SSSR count). The normalized spacial score (nSPS) is 15.8. The first kappa shape index (κ1) is 26.8. The molecule has 3 unspecified atom stereocenters. The number of carbonyl (C=O) groups excluding carboxylic acids is 2. The SMILES string of the molecule is COP(O)C(=O)NCCCN(CCCNC(=O)P(O)OC)CP(=O)(O)OC. The van der Waals surface area contributed by atoms with Crippen molar-refractivity contribution >= 4 is 35.6 Å². The third-order valence-corrected chi connectivity index (χ3v) is 6.24. The van der Waals surface area contributed by atoms with E-state index in [1.54, 1.807) is 4.90 Å². The van der Waals surface area contributed by atoms with E-state index < -0.39 is 35.6 Å². The van der Waals surface area contributed by atoms with Gasteiger partial charge in [-0.1, -0.05) is 0 Å². The van der Waals surface area contributed by atoms with E-state index in [-0.39, 0.29) is 19.4 Å². The molecule has 0 saturated heterocycles. The molecule has 0 heterocycles. The highest BCUT2D eigenvalue weighted by molar-refractivity contribution is 7.65. The van der Waals surface area contributed by atoms with Gasteiger partial charge in [0.15, 0.2) is 0 Å². The van der Waals surface area contributed by atoms with Crippen molar-refractivity contribution in [2.45, 2.75) is 12.8 Å². The summed E-state index contributed by atoms with van der Waals surface area (Å²) in [6, 6.07) is 0. The molecule has 2 amide bonds. The third kappa shape index (κ3) is 12.8. The molecule has 0 aromatic heterocycles. The summed E-state index contributed by atoms with van der Waals surface area (Å²) < 4.78 is 25.4. The molecule has 0 aliphatic heterocycles. The van der Waals surface area contributed by atoms with Gasteiger partial charge in [0.1, 0.15) is 6.29 Å². The van der Waals surface area contributed by atoms with E-state index in [0.717, 1.165) is 7.11 Å². The van der Waals surface area contributed by atoms with Crippen LogP contribution in [0.25, 0.3) is 0 Å². The first-order valence-corrected chi connectivity index (χ1v) is 12.1. The van der Waals surface area contributed by atoms with Crippen molar-refractivity contribution in [3.8, 4) is 0 Å². The van der Waals surface area contributed by atoms with Crippen LogP contribution in [0.4, 0.5) is 9.59 Å². The summed E-state index contributed by atoms with van der Waals surface area (Å²) in [4.78, 5) is 52.6. The molecule has 160 valence electrons. The zero-order chi connectivity index (χ0) is 20.9. The molecule has 0 bridgehead atoms. The van der Waals surface area contributed by atoms with Crippen molar-refractivity contribution in [2.75, 3.05) is 53.8 Å². The van der Waals surface area contributed by atoms with Crippen molar-refractivity contribution < 1.29 is 42.4 Å². The van der Waals surface area contributed by atoms with Gasteiger partial charge < -0.3 is 38.9 Å². The van der Waals surface area contributed by atoms with Gasteiger partial charge in [-0.25, -0.2) is 0 Å². The number of hydrogen-bond donors (Lipinski definition) is 5. The molecule has 0 aliphatic carbocycles. The summed E-state index contributed by atoms with van der Waals surface area (Å²) in [5, 5.41) is 4.99. The van der Waals surface area contributed by atoms with Crippen LogP contribution < -0.4 is 10.6 Å². The number of nitrogens with one attached hydrogen (secondary N) is 2. The van der Waals surface area contributed by atoms with E-state index in [2.05, 4.69) is 24.2 Å². The van der Waals surface area contributed by atoms with Gasteiger partial charge in [0.25, 0.3) is 28.0 Å². The van der Waals surface area contributed by atoms with E-state index in [4.69, 9.17) is 0 Å². The fourth-order valence-electron chi connectivity index (χ4n) is 1.86. The second-order valence-corrected chi connectivity index (χ2v) is 9.72. The summed E-state index contributed by atoms with van der Waals surface area (Å²) in [7, 11) is -4.50. The molecular weight excluding hydrogens is 423 g/mol. The Kier molecular flexibility index (Phi) is 14.6. The Morgan fingerprint density at radius 3 is 1.70 bits per heavy atom. The largest absolute Gasteiger partial charge is 0.348 e. The van der Waals surface area contributed by atoms with Crippen LogP contribution in [0.2, 0.25) is 0 Å². The molecule has 3 atom stereocenters. The molecule has 0 aromatic carbocycles. The Labute approximate surface area is 160 Å². The van der Waals surface area contributed by atoms with E-state index in [1.807, 2.05) is 0 Å². The van der Waals surface area contributed by atoms with Crippen molar-refractivity contribution in [1.29, 1.82) is 0 Å². The zero-order valence-corrected chi connectivity index (χ0v) is 18.2. The maximum atomic E-state index is 11.8. The molecule has 27 heavy (non-hydrogen) atoms. The fraction of sp³-hybridized carbons (Fsp3) is 0.833. The second kappa shape index (κ2) is 14.7. The molecule has 0 aliphatic rings. The lowest BCUT2D eigenvalue weighted by Crippen LogP contribution is -2.32. The fourth-order valence-corrected chi connectivity index (χ4v) is 3.59. The average Bonchev–Trinajstić information content (AvgIpc) is 2.65. The highest BCUT2D eigenvalue weighted by atomic mass is 31.2. The summed E-state index contributed by atoms with van der Waals surface area (Å²) in [6.45, 7) is 1.26. The molecule has 5 N–H and O–H groups in total. The highest BCUT2D eigenvalue weighted by Gasteiger charge is 2.22. The third-order valence-electron chi connectivity index (χ3n) is 3.21. The lowest BCUT2D eigenvalue weighted by Gasteiger charge is -2.24. The Hall–Kier alpha value is -0.250. The van der Waals surface area contributed by atoms with E-state index in [0.29, 0.717) is 25.9 Å². The standard InChI is InChI=1S/C12H28N3O9P3/c1-22-25(18)11(16)13-6-4-8-15(10-27(20,21)24-3)9-5-7-14-12(17)26(19)23-2/h18-19H,4-10H2,1-3H3,(H,13,16)(H,14,17)(H,20,21). The lowest BCUT2D eigenvalue weighted by atomic mass is 10.3. The van der Waals surface area contributed by atoms with Gasteiger partial charge in [-0.2, -0.15) is 0 Å². The van der Waals surface area contributed by atoms with E-state index >= 15 is 0 Å². The Morgan fingerprint density at radius 2 is 1.37 bits per heavy atom. The maximum absolute atomic E-state index is 11.8. The molecule has 0 radical (unpaired) electrons. The summed E-state index contributed by atoms with van der Waals surface area (Å²) in [5.41, 5.74) is -1.21. The monoisotopic (exact) mass is 451 g/mol. The van der Waals surface area contributed by atoms with Crippen LogP contribution in [0.15, 0.2) is 0 Å². The summed E-state index contributed by atoms with van der Waals surface area (Å²) in [6.07, 6.45) is 0.710. The van der Waals surface area contributed by atoms with Crippen LogP contribution >= 0.6 is 24.3 Å². The molecular formula is C12H28N3O9P3. The van der Waals surface area contributed by atoms with Crippen LogP contribution in [0.1, 0.15) is 12.8 Å². The average molecular weight is 451 g/mol. The first-order valence-electron chi connectivity index (χ1n) is 7.88. The zero-order valence-electron chi connectivity index (χ0n) is 15.5. The quantitative estimate of drug-likeness (QED) is 0.180. The van der Waals surface area contributed by atoms with Crippen LogP contribution in [0.3, 0.4) is 0 Å². The van der Waals surface area contributed by atoms with Crippen LogP contribution in [-0.2, 0) is 18.1 Å². The highest BCUT2D eigenvalue weighted by Crippen LogP contribution is 2.41. The Balaban J connectivity index is 4.35. The second-order valence-electron chi connectivity index (χ2n) is 5.16. The van der Waals surface area contributed by atoms with Gasteiger partial charge in [-0.15, -0.1) is 0 Å². The Bertz CT molecular complexity index is 470. The van der Waals surface area contributed by atoms with Gasteiger partial charge in [0, 0.05) is 47.5 Å². The van der Waals surface area contributed by atoms with Crippen molar-refractivity contribution in [2.24, 2.45) is 0 Å². The number of hydrogen-bond acceptors (Lipinski definition) is 9. The molecule has 15 heteroatoms. The summed E-state index contributed by atoms with van der Waals surface area (Å²) >= 11 is 0. The number of nitrogens with zero attached hydrogens (tertiary/aromatic N) is 1. The van der Waals surface area contributed by atoms with Gasteiger partial charge in [-0.05, 0) is 12.8 Å². The first-order chi connectivity index (χ1) is 12.7. The number of carbonyl (C=O) groups is 2. The van der Waals surface area contributed by atoms with Crippen molar-refractivity contribution in [3.05, 3.63) is 0 Å². The van der Waals surface area contributed by atoms with Gasteiger partial charge in [0.2, 0.25) is 0 Å². The maximum Gasteiger partial charge on any atom is 0.341 e.